The standard InChI is InChI=1S/C14H8Br2F3NO/c15-8-1-6-2-9-11(20-13(6)10(16)5-8)3-7(4-12(9)21)14(17,18)19/h1-2,5,7H,3-4H2/t7-/m0/s1. The minimum Gasteiger partial charge on any atom is -0.294 e. The van der Waals surface area contributed by atoms with Gasteiger partial charge in [0, 0.05) is 32.7 Å². The van der Waals surface area contributed by atoms with Gasteiger partial charge in [0.1, 0.15) is 0 Å². The van der Waals surface area contributed by atoms with Gasteiger partial charge in [0.05, 0.1) is 17.1 Å². The molecule has 0 spiro atoms. The molecule has 0 unspecified atom stereocenters. The van der Waals surface area contributed by atoms with Crippen molar-refractivity contribution in [3.8, 4) is 0 Å². The van der Waals surface area contributed by atoms with Crippen LogP contribution in [0.4, 0.5) is 13.2 Å². The Morgan fingerprint density at radius 2 is 1.86 bits per heavy atom. The molecule has 0 saturated heterocycles. The topological polar surface area (TPSA) is 30.0 Å². The van der Waals surface area contributed by atoms with Gasteiger partial charge in [-0.15, -0.1) is 0 Å². The van der Waals surface area contributed by atoms with Crippen molar-refractivity contribution in [2.75, 3.05) is 0 Å². The molecular formula is C14H8Br2F3NO. The number of rotatable bonds is 0. The smallest absolute Gasteiger partial charge is 0.294 e. The largest absolute Gasteiger partial charge is 0.392 e. The molecule has 0 saturated carbocycles. The van der Waals surface area contributed by atoms with Gasteiger partial charge in [0.25, 0.3) is 0 Å². The summed E-state index contributed by atoms with van der Waals surface area (Å²) in [6.07, 6.45) is -5.12. The zero-order valence-electron chi connectivity index (χ0n) is 10.5. The number of halogens is 5. The van der Waals surface area contributed by atoms with Gasteiger partial charge in [0.2, 0.25) is 0 Å². The van der Waals surface area contributed by atoms with E-state index in [-0.39, 0.29) is 12.1 Å². The highest BCUT2D eigenvalue weighted by atomic mass is 79.9. The highest BCUT2D eigenvalue weighted by molar-refractivity contribution is 9.11. The number of ketones is 1. The van der Waals surface area contributed by atoms with Crippen LogP contribution in [0.5, 0.6) is 0 Å². The quantitative estimate of drug-likeness (QED) is 0.593. The molecule has 0 fully saturated rings. The Bertz CT molecular complexity index is 758. The summed E-state index contributed by atoms with van der Waals surface area (Å²) < 4.78 is 40.1. The van der Waals surface area contributed by atoms with E-state index in [0.29, 0.717) is 20.9 Å². The minimum absolute atomic E-state index is 0.226. The van der Waals surface area contributed by atoms with Crippen LogP contribution in [0.1, 0.15) is 22.5 Å². The van der Waals surface area contributed by atoms with E-state index < -0.39 is 24.3 Å². The molecule has 1 atom stereocenters. The lowest BCUT2D eigenvalue weighted by molar-refractivity contribution is -0.174. The zero-order valence-corrected chi connectivity index (χ0v) is 13.6. The fraction of sp³-hybridized carbons (Fsp3) is 0.286. The summed E-state index contributed by atoms with van der Waals surface area (Å²) in [4.78, 5) is 16.3. The fourth-order valence-electron chi connectivity index (χ4n) is 2.52. The number of hydrogen-bond donors (Lipinski definition) is 0. The molecule has 0 bridgehead atoms. The number of pyridine rings is 1. The molecule has 2 nitrogen and oxygen atoms in total. The number of Topliss-reactive ketones (excluding diaryl/α,β-unsaturated/α-hetero) is 1. The minimum atomic E-state index is -4.37. The Hall–Kier alpha value is -0.950. The van der Waals surface area contributed by atoms with E-state index in [1.165, 1.54) is 0 Å². The van der Waals surface area contributed by atoms with Crippen LogP contribution in [0.2, 0.25) is 0 Å². The third-order valence-electron chi connectivity index (χ3n) is 3.55. The number of carbonyl (C=O) groups excluding carboxylic acids is 1. The molecule has 1 aromatic heterocycles. The van der Waals surface area contributed by atoms with Gasteiger partial charge in [-0.2, -0.15) is 13.2 Å². The number of carbonyl (C=O) groups is 1. The van der Waals surface area contributed by atoms with Gasteiger partial charge >= 0.3 is 6.18 Å². The maximum Gasteiger partial charge on any atom is 0.392 e. The molecule has 7 heteroatoms. The third-order valence-corrected chi connectivity index (χ3v) is 4.61. The highest BCUT2D eigenvalue weighted by Crippen LogP contribution is 2.38. The van der Waals surface area contributed by atoms with E-state index in [9.17, 15) is 18.0 Å². The van der Waals surface area contributed by atoms with Crippen LogP contribution < -0.4 is 0 Å². The van der Waals surface area contributed by atoms with Crippen molar-refractivity contribution in [3.05, 3.63) is 38.4 Å². The Kier molecular flexibility index (Phi) is 3.60. The predicted octanol–water partition coefficient (Wildman–Crippen LogP) is 5.07. The zero-order chi connectivity index (χ0) is 15.4. The van der Waals surface area contributed by atoms with Gasteiger partial charge in [-0.25, -0.2) is 0 Å². The van der Waals surface area contributed by atoms with Crippen molar-refractivity contribution < 1.29 is 18.0 Å². The Morgan fingerprint density at radius 3 is 2.52 bits per heavy atom. The van der Waals surface area contributed by atoms with E-state index >= 15 is 0 Å². The highest BCUT2D eigenvalue weighted by Gasteiger charge is 2.44. The van der Waals surface area contributed by atoms with Crippen LogP contribution in [-0.2, 0) is 6.42 Å². The third kappa shape index (κ3) is 2.73. The first-order valence-corrected chi connectivity index (χ1v) is 7.73. The maximum absolute atomic E-state index is 12.9. The van der Waals surface area contributed by atoms with E-state index in [2.05, 4.69) is 36.8 Å². The predicted molar refractivity (Wildman–Crippen MR) is 79.3 cm³/mol. The molecule has 1 aromatic carbocycles. The van der Waals surface area contributed by atoms with Crippen LogP contribution >= 0.6 is 31.9 Å². The molecule has 0 radical (unpaired) electrons. The monoisotopic (exact) mass is 421 g/mol. The van der Waals surface area contributed by atoms with Gasteiger partial charge in [-0.3, -0.25) is 9.78 Å². The van der Waals surface area contributed by atoms with Crippen LogP contribution in [0.25, 0.3) is 10.9 Å². The van der Waals surface area contributed by atoms with Crippen LogP contribution in [0.15, 0.2) is 27.1 Å². The molecule has 0 amide bonds. The maximum atomic E-state index is 12.9. The lowest BCUT2D eigenvalue weighted by atomic mass is 9.85. The summed E-state index contributed by atoms with van der Waals surface area (Å²) in [6.45, 7) is 0. The number of fused-ring (bicyclic) bond motifs is 2. The lowest BCUT2D eigenvalue weighted by Gasteiger charge is -2.25. The molecule has 21 heavy (non-hydrogen) atoms. The Morgan fingerprint density at radius 1 is 1.14 bits per heavy atom. The van der Waals surface area contributed by atoms with Crippen molar-refractivity contribution in [1.82, 2.24) is 4.98 Å². The number of benzene rings is 1. The number of alkyl halides is 3. The first-order valence-electron chi connectivity index (χ1n) is 6.14. The van der Waals surface area contributed by atoms with Crippen molar-refractivity contribution in [2.45, 2.75) is 19.0 Å². The van der Waals surface area contributed by atoms with Crippen LogP contribution in [-0.4, -0.2) is 16.9 Å². The molecule has 0 aliphatic heterocycles. The molecule has 2 aromatic rings. The molecule has 0 N–H and O–H groups in total. The Labute approximate surface area is 135 Å². The van der Waals surface area contributed by atoms with Gasteiger partial charge in [-0.1, -0.05) is 15.9 Å². The van der Waals surface area contributed by atoms with Crippen molar-refractivity contribution in [2.24, 2.45) is 5.92 Å². The summed E-state index contributed by atoms with van der Waals surface area (Å²) in [7, 11) is 0. The summed E-state index contributed by atoms with van der Waals surface area (Å²) in [5, 5.41) is 0.716. The van der Waals surface area contributed by atoms with Gasteiger partial charge in [-0.05, 0) is 34.1 Å². The van der Waals surface area contributed by atoms with E-state index in [1.54, 1.807) is 18.2 Å². The number of aromatic nitrogens is 1. The van der Waals surface area contributed by atoms with Crippen molar-refractivity contribution in [1.29, 1.82) is 0 Å². The van der Waals surface area contributed by atoms with Crippen molar-refractivity contribution >= 4 is 48.5 Å². The molecule has 1 aliphatic rings. The van der Waals surface area contributed by atoms with E-state index in [1.807, 2.05) is 0 Å². The summed E-state index contributed by atoms with van der Waals surface area (Å²) >= 11 is 6.68. The second-order valence-corrected chi connectivity index (χ2v) is 6.78. The molecule has 1 heterocycles. The first-order chi connectivity index (χ1) is 9.75. The van der Waals surface area contributed by atoms with Gasteiger partial charge in [0.15, 0.2) is 5.78 Å². The first kappa shape index (κ1) is 15.0. The van der Waals surface area contributed by atoms with E-state index in [4.69, 9.17) is 0 Å². The summed E-state index contributed by atoms with van der Waals surface area (Å²) in [5.74, 6) is -2.14. The SMILES string of the molecule is O=C1C[C@@H](C(F)(F)F)Cc2nc3c(Br)cc(Br)cc3cc21. The molecular weight excluding hydrogens is 415 g/mol. The normalized spacial score (nSPS) is 18.9. The molecule has 110 valence electrons. The molecule has 3 rings (SSSR count). The molecule has 1 aliphatic carbocycles. The summed E-state index contributed by atoms with van der Waals surface area (Å²) in [5.41, 5.74) is 1.09. The Balaban J connectivity index is 2.17. The average molecular weight is 423 g/mol. The number of nitrogens with zero attached hydrogens (tertiary/aromatic N) is 1. The average Bonchev–Trinajstić information content (AvgIpc) is 2.36. The number of hydrogen-bond acceptors (Lipinski definition) is 2. The van der Waals surface area contributed by atoms with Crippen molar-refractivity contribution in [3.63, 3.8) is 0 Å². The van der Waals surface area contributed by atoms with Crippen LogP contribution in [0.3, 0.4) is 0 Å². The van der Waals surface area contributed by atoms with E-state index in [0.717, 1.165) is 4.47 Å². The second kappa shape index (κ2) is 5.05. The van der Waals surface area contributed by atoms with Crippen LogP contribution in [0, 0.1) is 5.92 Å². The lowest BCUT2D eigenvalue weighted by Crippen LogP contribution is -2.32. The van der Waals surface area contributed by atoms with Gasteiger partial charge < -0.3 is 0 Å². The fourth-order valence-corrected chi connectivity index (χ4v) is 3.86. The summed E-state index contributed by atoms with van der Waals surface area (Å²) in [6, 6.07) is 5.19. The second-order valence-electron chi connectivity index (χ2n) is 5.01.